The number of thioether (sulfide) groups is 1. The molecule has 0 fully saturated rings. The van der Waals surface area contributed by atoms with E-state index in [1.165, 1.54) is 0 Å². The molecule has 0 saturated heterocycles. The number of aromatic nitrogens is 5. The van der Waals surface area contributed by atoms with Crippen LogP contribution in [-0.2, 0) is 19.4 Å². The maximum Gasteiger partial charge on any atom is 0.191 e. The number of aryl methyl sites for hydroxylation is 1. The first-order valence-corrected chi connectivity index (χ1v) is 9.79. The lowest BCUT2D eigenvalue weighted by Gasteiger charge is -2.09. The van der Waals surface area contributed by atoms with E-state index in [9.17, 15) is 0 Å². The van der Waals surface area contributed by atoms with Crippen LogP contribution in [0.25, 0.3) is 5.65 Å². The average molecular weight is 400 g/mol. The van der Waals surface area contributed by atoms with E-state index in [1.54, 1.807) is 11.8 Å². The van der Waals surface area contributed by atoms with Gasteiger partial charge in [0.15, 0.2) is 11.0 Å². The maximum atomic E-state index is 5.98. The molecule has 0 bridgehead atoms. The fourth-order valence-electron chi connectivity index (χ4n) is 2.71. The van der Waals surface area contributed by atoms with Crippen molar-refractivity contribution in [3.63, 3.8) is 0 Å². The van der Waals surface area contributed by atoms with Crippen LogP contribution in [0.2, 0.25) is 5.02 Å². The van der Waals surface area contributed by atoms with Gasteiger partial charge in [0.2, 0.25) is 0 Å². The second-order valence-corrected chi connectivity index (χ2v) is 7.52. The zero-order valence-electron chi connectivity index (χ0n) is 15.0. The number of halogens is 1. The quantitative estimate of drug-likeness (QED) is 0.452. The van der Waals surface area contributed by atoms with Crippen molar-refractivity contribution in [1.82, 2.24) is 24.1 Å². The third-order valence-electron chi connectivity index (χ3n) is 4.18. The largest absolute Gasteiger partial charge is 0.485 e. The third-order valence-corrected chi connectivity index (χ3v) is 5.47. The van der Waals surface area contributed by atoms with Gasteiger partial charge in [-0.05, 0) is 42.8 Å². The number of benzene rings is 1. The summed E-state index contributed by atoms with van der Waals surface area (Å²) in [5.41, 5.74) is 2.94. The highest BCUT2D eigenvalue weighted by Gasteiger charge is 2.12. The molecule has 0 aliphatic carbocycles. The molecule has 3 heterocycles. The van der Waals surface area contributed by atoms with E-state index in [2.05, 4.69) is 15.2 Å². The van der Waals surface area contributed by atoms with Gasteiger partial charge >= 0.3 is 0 Å². The van der Waals surface area contributed by atoms with Crippen LogP contribution >= 0.6 is 23.4 Å². The van der Waals surface area contributed by atoms with Gasteiger partial charge in [-0.1, -0.05) is 29.4 Å². The molecular formula is C19H18ClN5OS. The van der Waals surface area contributed by atoms with Crippen molar-refractivity contribution in [2.75, 3.05) is 0 Å². The van der Waals surface area contributed by atoms with E-state index in [0.717, 1.165) is 39.4 Å². The SMILES string of the molecule is Cc1cc(Cl)ccc1OCc1nnc(SCc2cn3ccccc3n2)n1C. The Morgan fingerprint density at radius 2 is 2.07 bits per heavy atom. The summed E-state index contributed by atoms with van der Waals surface area (Å²) < 4.78 is 9.83. The van der Waals surface area contributed by atoms with E-state index in [0.29, 0.717) is 11.6 Å². The van der Waals surface area contributed by atoms with Crippen molar-refractivity contribution in [1.29, 1.82) is 0 Å². The summed E-state index contributed by atoms with van der Waals surface area (Å²) in [5, 5.41) is 10.1. The summed E-state index contributed by atoms with van der Waals surface area (Å²) in [6, 6.07) is 11.5. The van der Waals surface area contributed by atoms with Crippen LogP contribution < -0.4 is 4.74 Å². The van der Waals surface area contributed by atoms with Crippen LogP contribution in [0.1, 0.15) is 17.1 Å². The first kappa shape index (κ1) is 17.9. The van der Waals surface area contributed by atoms with E-state index in [-0.39, 0.29) is 0 Å². The number of imidazole rings is 1. The maximum absolute atomic E-state index is 5.98. The van der Waals surface area contributed by atoms with Crippen LogP contribution in [0.5, 0.6) is 5.75 Å². The van der Waals surface area contributed by atoms with Gasteiger partial charge in [0, 0.05) is 30.2 Å². The minimum Gasteiger partial charge on any atom is -0.485 e. The lowest BCUT2D eigenvalue weighted by molar-refractivity contribution is 0.288. The molecule has 0 aliphatic rings. The summed E-state index contributed by atoms with van der Waals surface area (Å²) in [5.74, 6) is 2.29. The highest BCUT2D eigenvalue weighted by molar-refractivity contribution is 7.98. The van der Waals surface area contributed by atoms with Crippen molar-refractivity contribution in [2.24, 2.45) is 7.05 Å². The molecule has 3 aromatic heterocycles. The Morgan fingerprint density at radius 3 is 2.89 bits per heavy atom. The predicted molar refractivity (Wildman–Crippen MR) is 106 cm³/mol. The Bertz CT molecular complexity index is 1060. The monoisotopic (exact) mass is 399 g/mol. The highest BCUT2D eigenvalue weighted by atomic mass is 35.5. The average Bonchev–Trinajstić information content (AvgIpc) is 3.22. The summed E-state index contributed by atoms with van der Waals surface area (Å²) in [4.78, 5) is 4.61. The Balaban J connectivity index is 1.41. The minimum absolute atomic E-state index is 0.348. The molecule has 0 saturated carbocycles. The summed E-state index contributed by atoms with van der Waals surface area (Å²) in [7, 11) is 1.94. The summed E-state index contributed by atoms with van der Waals surface area (Å²) >= 11 is 7.59. The first-order valence-electron chi connectivity index (χ1n) is 8.43. The molecule has 0 amide bonds. The Kier molecular flexibility index (Phi) is 5.05. The van der Waals surface area contributed by atoms with Gasteiger partial charge in [0.05, 0.1) is 5.69 Å². The molecule has 4 aromatic rings. The van der Waals surface area contributed by atoms with Crippen LogP contribution in [0.3, 0.4) is 0 Å². The number of nitrogens with zero attached hydrogens (tertiary/aromatic N) is 5. The lowest BCUT2D eigenvalue weighted by Crippen LogP contribution is -2.05. The third kappa shape index (κ3) is 3.94. The molecule has 8 heteroatoms. The molecule has 0 unspecified atom stereocenters. The molecule has 4 rings (SSSR count). The van der Waals surface area contributed by atoms with E-state index < -0.39 is 0 Å². The molecular weight excluding hydrogens is 382 g/mol. The van der Waals surface area contributed by atoms with Gasteiger partial charge in [-0.2, -0.15) is 0 Å². The Morgan fingerprint density at radius 1 is 1.19 bits per heavy atom. The van der Waals surface area contributed by atoms with Crippen molar-refractivity contribution < 1.29 is 4.74 Å². The molecule has 6 nitrogen and oxygen atoms in total. The molecule has 0 radical (unpaired) electrons. The topological polar surface area (TPSA) is 57.2 Å². The zero-order valence-corrected chi connectivity index (χ0v) is 16.5. The fourth-order valence-corrected chi connectivity index (χ4v) is 3.75. The molecule has 0 spiro atoms. The van der Waals surface area contributed by atoms with E-state index >= 15 is 0 Å². The molecule has 138 valence electrons. The lowest BCUT2D eigenvalue weighted by atomic mass is 10.2. The normalized spacial score (nSPS) is 11.2. The Labute approximate surface area is 166 Å². The van der Waals surface area contributed by atoms with Crippen LogP contribution in [0, 0.1) is 6.92 Å². The minimum atomic E-state index is 0.348. The number of hydrogen-bond acceptors (Lipinski definition) is 5. The van der Waals surface area contributed by atoms with Crippen LogP contribution in [0.4, 0.5) is 0 Å². The molecule has 0 N–H and O–H groups in total. The first-order chi connectivity index (χ1) is 13.1. The van der Waals surface area contributed by atoms with Crippen LogP contribution in [0.15, 0.2) is 53.9 Å². The number of rotatable bonds is 6. The van der Waals surface area contributed by atoms with Crippen molar-refractivity contribution >= 4 is 29.0 Å². The van der Waals surface area contributed by atoms with Crippen molar-refractivity contribution in [3.05, 3.63) is 70.9 Å². The molecule has 0 aliphatic heterocycles. The van der Waals surface area contributed by atoms with Gasteiger partial charge < -0.3 is 13.7 Å². The second kappa shape index (κ2) is 7.62. The number of ether oxygens (including phenoxy) is 1. The van der Waals surface area contributed by atoms with E-state index in [1.807, 2.05) is 71.7 Å². The predicted octanol–water partition coefficient (Wildman–Crippen LogP) is 4.30. The van der Waals surface area contributed by atoms with Gasteiger partial charge in [0.25, 0.3) is 0 Å². The number of hydrogen-bond donors (Lipinski definition) is 0. The Hall–Kier alpha value is -2.51. The standard InChI is InChI=1S/C19H18ClN5OS/c1-13-9-14(20)6-7-16(13)26-11-18-22-23-19(24(18)2)27-12-15-10-25-8-4-3-5-17(25)21-15/h3-10H,11-12H2,1-2H3. The fraction of sp³-hybridized carbons (Fsp3) is 0.211. The zero-order chi connectivity index (χ0) is 18.8. The van der Waals surface area contributed by atoms with Crippen molar-refractivity contribution in [3.8, 4) is 5.75 Å². The molecule has 27 heavy (non-hydrogen) atoms. The smallest absolute Gasteiger partial charge is 0.191 e. The molecule has 0 atom stereocenters. The molecule has 1 aromatic carbocycles. The van der Waals surface area contributed by atoms with Gasteiger partial charge in [0.1, 0.15) is 18.0 Å². The van der Waals surface area contributed by atoms with Gasteiger partial charge in [-0.3, -0.25) is 0 Å². The van der Waals surface area contributed by atoms with Gasteiger partial charge in [-0.15, -0.1) is 10.2 Å². The van der Waals surface area contributed by atoms with Crippen molar-refractivity contribution in [2.45, 2.75) is 24.4 Å². The van der Waals surface area contributed by atoms with Gasteiger partial charge in [-0.25, -0.2) is 4.98 Å². The second-order valence-electron chi connectivity index (χ2n) is 6.14. The number of fused-ring (bicyclic) bond motifs is 1. The number of pyridine rings is 1. The summed E-state index contributed by atoms with van der Waals surface area (Å²) in [6.45, 7) is 2.31. The van der Waals surface area contributed by atoms with E-state index in [4.69, 9.17) is 16.3 Å². The van der Waals surface area contributed by atoms with Crippen LogP contribution in [-0.4, -0.2) is 24.1 Å². The summed E-state index contributed by atoms with van der Waals surface area (Å²) in [6.07, 6.45) is 4.03. The highest BCUT2D eigenvalue weighted by Crippen LogP contribution is 2.24.